The zero-order valence-electron chi connectivity index (χ0n) is 13.1. The molecule has 1 aromatic rings. The molecular formula is C14H17Cl2N3O5S. The minimum atomic E-state index is -3.75. The average Bonchev–Trinajstić information content (AvgIpc) is 2.62. The zero-order chi connectivity index (χ0) is 18.4. The van der Waals surface area contributed by atoms with Gasteiger partial charge >= 0.3 is 11.8 Å². The molecule has 25 heavy (non-hydrogen) atoms. The first-order valence-electron chi connectivity index (χ1n) is 7.39. The SMILES string of the molecule is O=C(NCCCl)C(=O)Nc1cc(S(=O)(=O)N2CCOCC2)ccc1Cl. The van der Waals surface area contributed by atoms with Gasteiger partial charge in [-0.25, -0.2) is 8.42 Å². The summed E-state index contributed by atoms with van der Waals surface area (Å²) in [7, 11) is -3.75. The fourth-order valence-electron chi connectivity index (χ4n) is 2.12. The van der Waals surface area contributed by atoms with Crippen LogP contribution in [0.3, 0.4) is 0 Å². The molecule has 11 heteroatoms. The molecule has 0 unspecified atom stereocenters. The highest BCUT2D eigenvalue weighted by Crippen LogP contribution is 2.27. The van der Waals surface area contributed by atoms with Crippen molar-refractivity contribution < 1.29 is 22.7 Å². The number of alkyl halides is 1. The number of nitrogens with one attached hydrogen (secondary N) is 2. The molecule has 1 fully saturated rings. The Bertz CT molecular complexity index is 751. The quantitative estimate of drug-likeness (QED) is 0.548. The van der Waals surface area contributed by atoms with E-state index in [9.17, 15) is 18.0 Å². The van der Waals surface area contributed by atoms with Gasteiger partial charge in [0.2, 0.25) is 10.0 Å². The minimum absolute atomic E-state index is 0.0297. The van der Waals surface area contributed by atoms with Crippen LogP contribution >= 0.6 is 23.2 Å². The lowest BCUT2D eigenvalue weighted by Gasteiger charge is -2.26. The molecule has 0 aliphatic carbocycles. The second-order valence-corrected chi connectivity index (χ2v) is 7.78. The Morgan fingerprint density at radius 2 is 1.88 bits per heavy atom. The van der Waals surface area contributed by atoms with Gasteiger partial charge < -0.3 is 15.4 Å². The minimum Gasteiger partial charge on any atom is -0.379 e. The second kappa shape index (κ2) is 8.81. The van der Waals surface area contributed by atoms with Gasteiger partial charge in [0.25, 0.3) is 0 Å². The summed E-state index contributed by atoms with van der Waals surface area (Å²) >= 11 is 11.4. The van der Waals surface area contributed by atoms with Crippen molar-refractivity contribution in [2.45, 2.75) is 4.90 Å². The highest BCUT2D eigenvalue weighted by Gasteiger charge is 2.27. The molecule has 2 amide bonds. The first kappa shape index (κ1) is 19.9. The Morgan fingerprint density at radius 1 is 1.20 bits per heavy atom. The predicted molar refractivity (Wildman–Crippen MR) is 93.4 cm³/mol. The van der Waals surface area contributed by atoms with Crippen molar-refractivity contribution in [3.63, 3.8) is 0 Å². The molecule has 0 atom stereocenters. The molecule has 0 saturated carbocycles. The number of hydrogen-bond donors (Lipinski definition) is 2. The van der Waals surface area contributed by atoms with Crippen LogP contribution in [-0.2, 0) is 24.3 Å². The van der Waals surface area contributed by atoms with E-state index in [0.29, 0.717) is 13.2 Å². The van der Waals surface area contributed by atoms with Gasteiger partial charge in [-0.2, -0.15) is 4.31 Å². The molecule has 1 aromatic carbocycles. The number of halogens is 2. The van der Waals surface area contributed by atoms with Crippen molar-refractivity contribution in [3.05, 3.63) is 23.2 Å². The molecule has 1 aliphatic heterocycles. The van der Waals surface area contributed by atoms with E-state index in [4.69, 9.17) is 27.9 Å². The Labute approximate surface area is 155 Å². The normalized spacial score (nSPS) is 15.6. The molecule has 0 spiro atoms. The molecule has 0 bridgehead atoms. The van der Waals surface area contributed by atoms with Crippen molar-refractivity contribution in [3.8, 4) is 0 Å². The van der Waals surface area contributed by atoms with Crippen molar-refractivity contribution in [2.75, 3.05) is 44.0 Å². The van der Waals surface area contributed by atoms with Gasteiger partial charge in [0.05, 0.1) is 28.8 Å². The number of carbonyl (C=O) groups is 2. The van der Waals surface area contributed by atoms with Crippen LogP contribution in [0.1, 0.15) is 0 Å². The van der Waals surface area contributed by atoms with Gasteiger partial charge in [-0.1, -0.05) is 11.6 Å². The van der Waals surface area contributed by atoms with Gasteiger partial charge in [0, 0.05) is 25.5 Å². The summed E-state index contributed by atoms with van der Waals surface area (Å²) in [6.45, 7) is 1.25. The number of benzene rings is 1. The highest BCUT2D eigenvalue weighted by atomic mass is 35.5. The molecule has 1 saturated heterocycles. The van der Waals surface area contributed by atoms with E-state index in [0.717, 1.165) is 0 Å². The fourth-order valence-corrected chi connectivity index (χ4v) is 3.81. The van der Waals surface area contributed by atoms with E-state index in [-0.39, 0.29) is 41.1 Å². The van der Waals surface area contributed by atoms with Gasteiger partial charge in [0.15, 0.2) is 0 Å². The summed E-state index contributed by atoms with van der Waals surface area (Å²) in [5.74, 6) is -1.70. The maximum Gasteiger partial charge on any atom is 0.313 e. The summed E-state index contributed by atoms with van der Waals surface area (Å²) in [6, 6.07) is 3.91. The van der Waals surface area contributed by atoms with E-state index in [2.05, 4.69) is 10.6 Å². The number of hydrogen-bond acceptors (Lipinski definition) is 5. The highest BCUT2D eigenvalue weighted by molar-refractivity contribution is 7.89. The smallest absolute Gasteiger partial charge is 0.313 e. The van der Waals surface area contributed by atoms with Crippen molar-refractivity contribution in [1.29, 1.82) is 0 Å². The Hall–Kier alpha value is -1.39. The number of carbonyl (C=O) groups excluding carboxylic acids is 2. The first-order chi connectivity index (χ1) is 11.9. The van der Waals surface area contributed by atoms with E-state index in [1.807, 2.05) is 0 Å². The largest absolute Gasteiger partial charge is 0.379 e. The number of amides is 2. The lowest BCUT2D eigenvalue weighted by Crippen LogP contribution is -2.40. The monoisotopic (exact) mass is 409 g/mol. The maximum absolute atomic E-state index is 12.6. The van der Waals surface area contributed by atoms with E-state index >= 15 is 0 Å². The summed E-state index contributed by atoms with van der Waals surface area (Å²) in [6.07, 6.45) is 0. The summed E-state index contributed by atoms with van der Waals surface area (Å²) in [5, 5.41) is 4.71. The summed E-state index contributed by atoms with van der Waals surface area (Å²) < 4.78 is 31.7. The lowest BCUT2D eigenvalue weighted by atomic mass is 10.3. The van der Waals surface area contributed by atoms with Crippen LogP contribution in [0.2, 0.25) is 5.02 Å². The Balaban J connectivity index is 2.19. The molecule has 1 aliphatic rings. The molecule has 0 aromatic heterocycles. The van der Waals surface area contributed by atoms with Gasteiger partial charge in [-0.05, 0) is 18.2 Å². The third kappa shape index (κ3) is 5.05. The van der Waals surface area contributed by atoms with Crippen LogP contribution in [0.4, 0.5) is 5.69 Å². The van der Waals surface area contributed by atoms with Gasteiger partial charge in [-0.15, -0.1) is 11.6 Å². The Kier molecular flexibility index (Phi) is 7.03. The second-order valence-electron chi connectivity index (χ2n) is 5.06. The summed E-state index contributed by atoms with van der Waals surface area (Å²) in [5.41, 5.74) is 0.0297. The number of morpholine rings is 1. The molecule has 138 valence electrons. The van der Waals surface area contributed by atoms with Gasteiger partial charge in [0.1, 0.15) is 0 Å². The molecule has 2 rings (SSSR count). The molecule has 1 heterocycles. The van der Waals surface area contributed by atoms with E-state index in [1.54, 1.807) is 0 Å². The number of nitrogens with zero attached hydrogens (tertiary/aromatic N) is 1. The van der Waals surface area contributed by atoms with Gasteiger partial charge in [-0.3, -0.25) is 9.59 Å². The molecule has 0 radical (unpaired) electrons. The van der Waals surface area contributed by atoms with Crippen molar-refractivity contribution in [2.24, 2.45) is 0 Å². The number of anilines is 1. The predicted octanol–water partition coefficient (Wildman–Crippen LogP) is 0.654. The van der Waals surface area contributed by atoms with Crippen LogP contribution in [0, 0.1) is 0 Å². The van der Waals surface area contributed by atoms with E-state index in [1.165, 1.54) is 22.5 Å². The van der Waals surface area contributed by atoms with Crippen molar-refractivity contribution in [1.82, 2.24) is 9.62 Å². The lowest BCUT2D eigenvalue weighted by molar-refractivity contribution is -0.136. The van der Waals surface area contributed by atoms with Crippen LogP contribution in [-0.4, -0.2) is 63.3 Å². The molecular weight excluding hydrogens is 393 g/mol. The molecule has 8 nitrogen and oxygen atoms in total. The average molecular weight is 410 g/mol. The third-order valence-electron chi connectivity index (χ3n) is 3.38. The maximum atomic E-state index is 12.6. The van der Waals surface area contributed by atoms with Crippen LogP contribution in [0.5, 0.6) is 0 Å². The number of sulfonamides is 1. The zero-order valence-corrected chi connectivity index (χ0v) is 15.5. The third-order valence-corrected chi connectivity index (χ3v) is 5.79. The van der Waals surface area contributed by atoms with E-state index < -0.39 is 21.8 Å². The molecule has 2 N–H and O–H groups in total. The Morgan fingerprint density at radius 3 is 2.52 bits per heavy atom. The number of ether oxygens (including phenoxy) is 1. The topological polar surface area (TPSA) is 105 Å². The fraction of sp³-hybridized carbons (Fsp3) is 0.429. The van der Waals surface area contributed by atoms with Crippen LogP contribution < -0.4 is 10.6 Å². The van der Waals surface area contributed by atoms with Crippen molar-refractivity contribution >= 4 is 50.7 Å². The van der Waals surface area contributed by atoms with Crippen LogP contribution in [0.25, 0.3) is 0 Å². The summed E-state index contributed by atoms with van der Waals surface area (Å²) in [4.78, 5) is 23.4. The standard InChI is InChI=1S/C14H17Cl2N3O5S/c15-3-4-17-13(20)14(21)18-12-9-10(1-2-11(12)16)25(22,23)19-5-7-24-8-6-19/h1-2,9H,3-8H2,(H,17,20)(H,18,21). The first-order valence-corrected chi connectivity index (χ1v) is 9.74. The number of rotatable bonds is 5. The van der Waals surface area contributed by atoms with Crippen LogP contribution in [0.15, 0.2) is 23.1 Å².